The molecule has 2 rings (SSSR count). The highest BCUT2D eigenvalue weighted by Gasteiger charge is 2.13. The van der Waals surface area contributed by atoms with Gasteiger partial charge in [-0.05, 0) is 25.2 Å². The third-order valence-electron chi connectivity index (χ3n) is 3.14. The van der Waals surface area contributed by atoms with Gasteiger partial charge in [-0.3, -0.25) is 9.36 Å². The predicted molar refractivity (Wildman–Crippen MR) is 75.2 cm³/mol. The normalized spacial score (nSPS) is 11.3. The molecule has 0 bridgehead atoms. The van der Waals surface area contributed by atoms with Crippen LogP contribution in [0, 0.1) is 0 Å². The van der Waals surface area contributed by atoms with E-state index in [9.17, 15) is 4.79 Å². The van der Waals surface area contributed by atoms with Gasteiger partial charge in [0.25, 0.3) is 5.56 Å². The van der Waals surface area contributed by atoms with Crippen LogP contribution in [-0.4, -0.2) is 20.8 Å². The van der Waals surface area contributed by atoms with Crippen molar-refractivity contribution in [1.82, 2.24) is 14.5 Å². The topological polar surface area (TPSA) is 47.8 Å². The molecule has 0 fully saturated rings. The lowest BCUT2D eigenvalue weighted by Crippen LogP contribution is -2.24. The molecule has 0 aliphatic heterocycles. The van der Waals surface area contributed by atoms with Crippen LogP contribution in [0.25, 0.3) is 11.0 Å². The number of hydrogen-bond donors (Lipinski definition) is 0. The number of aromatic nitrogens is 3. The van der Waals surface area contributed by atoms with Crippen molar-refractivity contribution in [1.29, 1.82) is 0 Å². The second kappa shape index (κ2) is 5.52. The molecule has 2 aromatic rings. The summed E-state index contributed by atoms with van der Waals surface area (Å²) in [6.45, 7) is 4.19. The summed E-state index contributed by atoms with van der Waals surface area (Å²) in [6.07, 6.45) is 5.57. The number of rotatable bonds is 4. The highest BCUT2D eigenvalue weighted by atomic mass is 32.2. The second-order valence-electron chi connectivity index (χ2n) is 4.15. The van der Waals surface area contributed by atoms with Gasteiger partial charge >= 0.3 is 0 Å². The Bertz CT molecular complexity index is 605. The first-order valence-corrected chi connectivity index (χ1v) is 7.36. The summed E-state index contributed by atoms with van der Waals surface area (Å²) < 4.78 is 1.80. The van der Waals surface area contributed by atoms with Crippen LogP contribution in [0.15, 0.2) is 28.3 Å². The molecule has 0 N–H and O–H groups in total. The van der Waals surface area contributed by atoms with Crippen LogP contribution in [0.1, 0.15) is 32.7 Å². The van der Waals surface area contributed by atoms with E-state index in [1.165, 1.54) is 11.8 Å². The lowest BCUT2D eigenvalue weighted by atomic mass is 10.1. The summed E-state index contributed by atoms with van der Waals surface area (Å²) in [6, 6.07) is 3.59. The fourth-order valence-electron chi connectivity index (χ4n) is 2.13. The zero-order valence-corrected chi connectivity index (χ0v) is 11.7. The minimum atomic E-state index is 0.0157. The first-order chi connectivity index (χ1) is 8.71. The lowest BCUT2D eigenvalue weighted by Gasteiger charge is -2.18. The smallest absolute Gasteiger partial charge is 0.252 e. The molecule has 0 unspecified atom stereocenters. The van der Waals surface area contributed by atoms with Crippen molar-refractivity contribution in [2.75, 3.05) is 6.26 Å². The fraction of sp³-hybridized carbons (Fsp3) is 0.462. The fourth-order valence-corrected chi connectivity index (χ4v) is 2.46. The molecule has 5 heteroatoms. The van der Waals surface area contributed by atoms with E-state index >= 15 is 0 Å². The Kier molecular flexibility index (Phi) is 4.01. The van der Waals surface area contributed by atoms with Crippen LogP contribution in [0.2, 0.25) is 0 Å². The SMILES string of the molecule is CCC(CC)n1c(=O)ccc2cnc(SC)nc21. The molecule has 96 valence electrons. The zero-order chi connectivity index (χ0) is 13.1. The molecule has 0 aromatic carbocycles. The Morgan fingerprint density at radius 1 is 1.33 bits per heavy atom. The van der Waals surface area contributed by atoms with Gasteiger partial charge < -0.3 is 0 Å². The maximum absolute atomic E-state index is 12.1. The second-order valence-corrected chi connectivity index (χ2v) is 4.92. The van der Waals surface area contributed by atoms with Gasteiger partial charge in [0.05, 0.1) is 0 Å². The minimum absolute atomic E-state index is 0.0157. The molecular weight excluding hydrogens is 246 g/mol. The van der Waals surface area contributed by atoms with E-state index in [2.05, 4.69) is 23.8 Å². The highest BCUT2D eigenvalue weighted by molar-refractivity contribution is 7.98. The standard InChI is InChI=1S/C13H17N3OS/c1-4-10(5-2)16-11(17)7-6-9-8-14-13(18-3)15-12(9)16/h6-8,10H,4-5H2,1-3H3. The van der Waals surface area contributed by atoms with Gasteiger partial charge in [0.2, 0.25) is 0 Å². The molecule has 0 atom stereocenters. The maximum Gasteiger partial charge on any atom is 0.252 e. The maximum atomic E-state index is 12.1. The third kappa shape index (κ3) is 2.27. The van der Waals surface area contributed by atoms with Crippen LogP contribution < -0.4 is 5.56 Å². The number of hydrogen-bond acceptors (Lipinski definition) is 4. The molecule has 0 spiro atoms. The van der Waals surface area contributed by atoms with Gasteiger partial charge in [-0.1, -0.05) is 25.6 Å². The number of thioether (sulfide) groups is 1. The predicted octanol–water partition coefficient (Wildman–Crippen LogP) is 2.87. The number of pyridine rings is 1. The average Bonchev–Trinajstić information content (AvgIpc) is 2.41. The Morgan fingerprint density at radius 2 is 2.06 bits per heavy atom. The average molecular weight is 263 g/mol. The van der Waals surface area contributed by atoms with Crippen LogP contribution in [0.3, 0.4) is 0 Å². The molecule has 0 saturated carbocycles. The zero-order valence-electron chi connectivity index (χ0n) is 10.9. The van der Waals surface area contributed by atoms with Gasteiger partial charge in [0, 0.05) is 23.7 Å². The number of fused-ring (bicyclic) bond motifs is 1. The van der Waals surface area contributed by atoms with Gasteiger partial charge in [0.1, 0.15) is 5.65 Å². The first kappa shape index (κ1) is 13.1. The Morgan fingerprint density at radius 3 is 2.67 bits per heavy atom. The summed E-state index contributed by atoms with van der Waals surface area (Å²) in [4.78, 5) is 20.8. The highest BCUT2D eigenvalue weighted by Crippen LogP contribution is 2.20. The van der Waals surface area contributed by atoms with E-state index in [-0.39, 0.29) is 11.6 Å². The Labute approximate surface area is 110 Å². The van der Waals surface area contributed by atoms with Crippen molar-refractivity contribution in [3.8, 4) is 0 Å². The van der Waals surface area contributed by atoms with Crippen molar-refractivity contribution in [3.63, 3.8) is 0 Å². The van der Waals surface area contributed by atoms with E-state index in [4.69, 9.17) is 0 Å². The number of nitrogens with zero attached hydrogens (tertiary/aromatic N) is 3. The van der Waals surface area contributed by atoms with Gasteiger partial charge in [-0.2, -0.15) is 0 Å². The minimum Gasteiger partial charge on any atom is -0.289 e. The first-order valence-electron chi connectivity index (χ1n) is 6.13. The molecule has 0 aliphatic rings. The molecule has 0 saturated heterocycles. The van der Waals surface area contributed by atoms with E-state index in [1.807, 2.05) is 6.26 Å². The Hall–Kier alpha value is -1.36. The molecule has 18 heavy (non-hydrogen) atoms. The monoisotopic (exact) mass is 263 g/mol. The summed E-state index contributed by atoms with van der Waals surface area (Å²) in [5.74, 6) is 0. The Balaban J connectivity index is 2.75. The third-order valence-corrected chi connectivity index (χ3v) is 3.70. The lowest BCUT2D eigenvalue weighted by molar-refractivity contribution is 0.469. The van der Waals surface area contributed by atoms with Gasteiger partial charge in [0.15, 0.2) is 5.16 Å². The molecule has 2 aromatic heterocycles. The summed E-state index contributed by atoms with van der Waals surface area (Å²) in [7, 11) is 0. The van der Waals surface area contributed by atoms with E-state index in [0.717, 1.165) is 23.9 Å². The van der Waals surface area contributed by atoms with Gasteiger partial charge in [-0.25, -0.2) is 9.97 Å². The largest absolute Gasteiger partial charge is 0.289 e. The van der Waals surface area contributed by atoms with Gasteiger partial charge in [-0.15, -0.1) is 0 Å². The van der Waals surface area contributed by atoms with Crippen LogP contribution in [0.5, 0.6) is 0 Å². The van der Waals surface area contributed by atoms with Crippen LogP contribution >= 0.6 is 11.8 Å². The quantitative estimate of drug-likeness (QED) is 0.628. The van der Waals surface area contributed by atoms with E-state index in [1.54, 1.807) is 22.9 Å². The van der Waals surface area contributed by atoms with Crippen molar-refractivity contribution in [3.05, 3.63) is 28.7 Å². The molecule has 4 nitrogen and oxygen atoms in total. The summed E-state index contributed by atoms with van der Waals surface area (Å²) in [5, 5.41) is 1.62. The summed E-state index contributed by atoms with van der Waals surface area (Å²) in [5.41, 5.74) is 0.762. The van der Waals surface area contributed by atoms with Crippen molar-refractivity contribution < 1.29 is 0 Å². The van der Waals surface area contributed by atoms with Crippen molar-refractivity contribution in [2.24, 2.45) is 0 Å². The van der Waals surface area contributed by atoms with Crippen molar-refractivity contribution >= 4 is 22.8 Å². The van der Waals surface area contributed by atoms with E-state index < -0.39 is 0 Å². The molecule has 0 radical (unpaired) electrons. The molecular formula is C13H17N3OS. The van der Waals surface area contributed by atoms with E-state index in [0.29, 0.717) is 5.16 Å². The molecule has 0 amide bonds. The molecule has 2 heterocycles. The molecule has 0 aliphatic carbocycles. The summed E-state index contributed by atoms with van der Waals surface area (Å²) >= 11 is 1.49. The van der Waals surface area contributed by atoms with Crippen LogP contribution in [-0.2, 0) is 0 Å². The van der Waals surface area contributed by atoms with Crippen LogP contribution in [0.4, 0.5) is 0 Å². The van der Waals surface area contributed by atoms with Crippen molar-refractivity contribution in [2.45, 2.75) is 37.9 Å².